The molecule has 1 aromatic rings. The van der Waals surface area contributed by atoms with Gasteiger partial charge in [0.05, 0.1) is 0 Å². The Kier molecular flexibility index (Phi) is 3.46. The maximum Gasteiger partial charge on any atom is 0.355 e. The van der Waals surface area contributed by atoms with Gasteiger partial charge in [-0.15, -0.1) is 0 Å². The molecule has 110 valence electrons. The van der Waals surface area contributed by atoms with E-state index in [0.29, 0.717) is 24.1 Å². The molecule has 3 rings (SSSR count). The summed E-state index contributed by atoms with van der Waals surface area (Å²) in [4.78, 5) is 24.9. The van der Waals surface area contributed by atoms with Gasteiger partial charge in [-0.05, 0) is 24.1 Å². The monoisotopic (exact) mass is 290 g/mol. The maximum absolute atomic E-state index is 12.0. The second-order valence-electron chi connectivity index (χ2n) is 5.02. The van der Waals surface area contributed by atoms with E-state index in [0.717, 1.165) is 0 Å². The molecule has 7 nitrogen and oxygen atoms in total. The molecule has 2 atom stereocenters. The van der Waals surface area contributed by atoms with Crippen LogP contribution in [0.15, 0.2) is 36.0 Å². The summed E-state index contributed by atoms with van der Waals surface area (Å²) in [6, 6.07) is 6.22. The van der Waals surface area contributed by atoms with Gasteiger partial charge in [0.15, 0.2) is 5.69 Å². The first-order valence-corrected chi connectivity index (χ1v) is 6.58. The minimum atomic E-state index is -1.00. The van der Waals surface area contributed by atoms with Crippen LogP contribution in [0.4, 0.5) is 5.69 Å². The molecular formula is C14H14N2O5. The summed E-state index contributed by atoms with van der Waals surface area (Å²) in [6.07, 6.45) is 2.92. The Morgan fingerprint density at radius 2 is 2.14 bits per heavy atom. The summed E-state index contributed by atoms with van der Waals surface area (Å²) < 4.78 is 5.16. The standard InChI is InChI=1S/C14H14N2O5/c17-13-7-11-5-6-12(15(11)13)14(18)21-8-9-1-3-10(4-2-9)16(19)20/h1-4,6,11,16,19H,5,7-8H2/t11-/m0/s1. The van der Waals surface area contributed by atoms with Crippen molar-refractivity contribution < 1.29 is 24.8 Å². The predicted octanol–water partition coefficient (Wildman–Crippen LogP) is 0.0217. The molecule has 1 fully saturated rings. The lowest BCUT2D eigenvalue weighted by Crippen LogP contribution is -2.99. The van der Waals surface area contributed by atoms with E-state index in [1.54, 1.807) is 18.2 Å². The van der Waals surface area contributed by atoms with Crippen molar-refractivity contribution in [3.63, 3.8) is 0 Å². The Labute approximate surface area is 120 Å². The molecule has 0 saturated carbocycles. The van der Waals surface area contributed by atoms with E-state index in [-0.39, 0.29) is 24.2 Å². The molecule has 1 unspecified atom stereocenters. The number of carbonyl (C=O) groups excluding carboxylic acids is 2. The molecule has 0 aliphatic carbocycles. The zero-order valence-electron chi connectivity index (χ0n) is 11.1. The highest BCUT2D eigenvalue weighted by Gasteiger charge is 2.44. The Hall–Kier alpha value is -2.22. The van der Waals surface area contributed by atoms with E-state index < -0.39 is 11.2 Å². The SMILES string of the molecule is O=C(OCc1ccc([NH+]([O-])O)cc1)C1=CC[C@H]2CC(=O)N12. The highest BCUT2D eigenvalue weighted by molar-refractivity contribution is 5.98. The Balaban J connectivity index is 1.58. The van der Waals surface area contributed by atoms with Crippen LogP contribution in [-0.2, 0) is 20.9 Å². The number of nitrogens with zero attached hydrogens (tertiary/aromatic N) is 1. The van der Waals surface area contributed by atoms with Crippen LogP contribution in [0, 0.1) is 5.21 Å². The van der Waals surface area contributed by atoms with Gasteiger partial charge in [0.2, 0.25) is 5.91 Å². The number of β-lactam (4-membered cyclic amide) rings is 1. The van der Waals surface area contributed by atoms with Crippen LogP contribution >= 0.6 is 0 Å². The molecule has 1 amide bonds. The van der Waals surface area contributed by atoms with E-state index in [9.17, 15) is 14.8 Å². The Morgan fingerprint density at radius 3 is 2.76 bits per heavy atom. The van der Waals surface area contributed by atoms with Gasteiger partial charge >= 0.3 is 5.97 Å². The number of esters is 1. The largest absolute Gasteiger partial charge is 0.595 e. The molecule has 2 aliphatic heterocycles. The first-order chi connectivity index (χ1) is 10.1. The number of carbonyl (C=O) groups is 2. The highest BCUT2D eigenvalue weighted by Crippen LogP contribution is 2.34. The van der Waals surface area contributed by atoms with Crippen LogP contribution in [0.2, 0.25) is 0 Å². The third-order valence-corrected chi connectivity index (χ3v) is 3.67. The fourth-order valence-corrected chi connectivity index (χ4v) is 2.50. The van der Waals surface area contributed by atoms with Crippen LogP contribution in [0.3, 0.4) is 0 Å². The Bertz CT molecular complexity index is 608. The van der Waals surface area contributed by atoms with Gasteiger partial charge in [-0.3, -0.25) is 4.79 Å². The van der Waals surface area contributed by atoms with Gasteiger partial charge in [0.1, 0.15) is 12.3 Å². The van der Waals surface area contributed by atoms with Crippen molar-refractivity contribution in [1.82, 2.24) is 4.90 Å². The number of ether oxygens (including phenoxy) is 1. The van der Waals surface area contributed by atoms with Crippen molar-refractivity contribution >= 4 is 17.6 Å². The number of nitrogens with one attached hydrogen (secondary N) is 1. The summed E-state index contributed by atoms with van der Waals surface area (Å²) >= 11 is 0. The molecule has 1 aromatic carbocycles. The lowest BCUT2D eigenvalue weighted by Gasteiger charge is -2.35. The molecular weight excluding hydrogens is 276 g/mol. The van der Waals surface area contributed by atoms with E-state index in [2.05, 4.69) is 0 Å². The fraction of sp³-hybridized carbons (Fsp3) is 0.286. The molecule has 2 aliphatic rings. The van der Waals surface area contributed by atoms with Crippen LogP contribution in [0.5, 0.6) is 0 Å². The third kappa shape index (κ3) is 2.54. The van der Waals surface area contributed by atoms with Crippen LogP contribution in [0.1, 0.15) is 18.4 Å². The maximum atomic E-state index is 12.0. The first kappa shape index (κ1) is 13.7. The van der Waals surface area contributed by atoms with Crippen molar-refractivity contribution in [2.24, 2.45) is 0 Å². The molecule has 1 saturated heterocycles. The van der Waals surface area contributed by atoms with E-state index in [1.807, 2.05) is 0 Å². The minimum absolute atomic E-state index is 0.0444. The lowest BCUT2D eigenvalue weighted by atomic mass is 10.0. The number of quaternary nitrogens is 1. The summed E-state index contributed by atoms with van der Waals surface area (Å²) in [5, 5.41) is 18.5. The molecule has 0 spiro atoms. The average molecular weight is 290 g/mol. The van der Waals surface area contributed by atoms with Gasteiger partial charge < -0.3 is 14.8 Å². The van der Waals surface area contributed by atoms with Crippen molar-refractivity contribution in [3.05, 3.63) is 46.8 Å². The van der Waals surface area contributed by atoms with Gasteiger partial charge in [-0.1, -0.05) is 6.08 Å². The molecule has 21 heavy (non-hydrogen) atoms. The Morgan fingerprint density at radius 1 is 1.43 bits per heavy atom. The third-order valence-electron chi connectivity index (χ3n) is 3.67. The van der Waals surface area contributed by atoms with Gasteiger partial charge in [0, 0.05) is 24.6 Å². The molecule has 7 heteroatoms. The topological polar surface area (TPSA) is 94.3 Å². The second kappa shape index (κ2) is 5.28. The summed E-state index contributed by atoms with van der Waals surface area (Å²) in [6.45, 7) is 0.0444. The van der Waals surface area contributed by atoms with E-state index >= 15 is 0 Å². The van der Waals surface area contributed by atoms with E-state index in [1.165, 1.54) is 17.0 Å². The summed E-state index contributed by atoms with van der Waals surface area (Å²) in [7, 11) is 0. The lowest BCUT2D eigenvalue weighted by molar-refractivity contribution is -0.991. The zero-order valence-corrected chi connectivity index (χ0v) is 11.1. The number of hydrogen-bond acceptors (Lipinski definition) is 5. The van der Waals surface area contributed by atoms with Crippen molar-refractivity contribution in [2.45, 2.75) is 25.5 Å². The average Bonchev–Trinajstić information content (AvgIpc) is 2.82. The van der Waals surface area contributed by atoms with Gasteiger partial charge in [-0.2, -0.15) is 5.23 Å². The zero-order chi connectivity index (χ0) is 15.0. The highest BCUT2D eigenvalue weighted by atomic mass is 16.8. The van der Waals surface area contributed by atoms with Crippen LogP contribution < -0.4 is 5.23 Å². The quantitative estimate of drug-likeness (QED) is 0.463. The smallest absolute Gasteiger partial charge is 0.355 e. The normalized spacial score (nSPS) is 21.4. The number of amides is 1. The second-order valence-corrected chi connectivity index (χ2v) is 5.02. The number of benzene rings is 1. The molecule has 2 heterocycles. The summed E-state index contributed by atoms with van der Waals surface area (Å²) in [5.41, 5.74) is 1.19. The van der Waals surface area contributed by atoms with Crippen LogP contribution in [0.25, 0.3) is 0 Å². The van der Waals surface area contributed by atoms with Crippen LogP contribution in [-0.4, -0.2) is 28.0 Å². The van der Waals surface area contributed by atoms with E-state index in [4.69, 9.17) is 9.94 Å². The van der Waals surface area contributed by atoms with Crippen molar-refractivity contribution in [1.29, 1.82) is 0 Å². The number of hydrogen-bond donors (Lipinski definition) is 2. The molecule has 0 bridgehead atoms. The van der Waals surface area contributed by atoms with Crippen molar-refractivity contribution in [2.75, 3.05) is 0 Å². The molecule has 2 N–H and O–H groups in total. The number of rotatable bonds is 4. The number of fused-ring (bicyclic) bond motifs is 1. The predicted molar refractivity (Wildman–Crippen MR) is 70.0 cm³/mol. The first-order valence-electron chi connectivity index (χ1n) is 6.58. The van der Waals surface area contributed by atoms with Gasteiger partial charge in [0.25, 0.3) is 0 Å². The van der Waals surface area contributed by atoms with Gasteiger partial charge in [-0.25, -0.2) is 10.0 Å². The minimum Gasteiger partial charge on any atom is -0.595 e. The molecule has 0 aromatic heterocycles. The molecule has 0 radical (unpaired) electrons. The summed E-state index contributed by atoms with van der Waals surface area (Å²) in [5.74, 6) is -0.570. The fourth-order valence-electron chi connectivity index (χ4n) is 2.50. The van der Waals surface area contributed by atoms with Crippen molar-refractivity contribution in [3.8, 4) is 0 Å².